The molecule has 2 aromatic rings. The summed E-state index contributed by atoms with van der Waals surface area (Å²) in [7, 11) is 0. The number of fused-ring (bicyclic) bond motifs is 1. The Balaban J connectivity index is 2.40. The SMILES string of the molecule is CSCC(C)Nc1nc(NN)nc2sc(C)cc12. The van der Waals surface area contributed by atoms with E-state index in [-0.39, 0.29) is 0 Å². The Kier molecular flexibility index (Phi) is 4.26. The van der Waals surface area contributed by atoms with Crippen molar-refractivity contribution in [3.8, 4) is 0 Å². The molecule has 2 heterocycles. The van der Waals surface area contributed by atoms with Gasteiger partial charge in [0.15, 0.2) is 0 Å². The van der Waals surface area contributed by atoms with Crippen LogP contribution in [0.4, 0.5) is 11.8 Å². The molecule has 0 radical (unpaired) electrons. The number of hydrazine groups is 1. The van der Waals surface area contributed by atoms with Gasteiger partial charge in [-0.25, -0.2) is 10.8 Å². The number of anilines is 2. The molecule has 0 aromatic carbocycles. The quantitative estimate of drug-likeness (QED) is 0.578. The maximum atomic E-state index is 5.40. The second-order valence-corrected chi connectivity index (χ2v) is 6.26. The lowest BCUT2D eigenvalue weighted by molar-refractivity contribution is 0.904. The summed E-state index contributed by atoms with van der Waals surface area (Å²) in [6.45, 7) is 4.20. The van der Waals surface area contributed by atoms with Gasteiger partial charge in [-0.15, -0.1) is 11.3 Å². The van der Waals surface area contributed by atoms with Gasteiger partial charge in [-0.1, -0.05) is 0 Å². The minimum Gasteiger partial charge on any atom is -0.366 e. The van der Waals surface area contributed by atoms with Gasteiger partial charge in [0.05, 0.1) is 5.39 Å². The molecule has 18 heavy (non-hydrogen) atoms. The molecule has 0 spiro atoms. The smallest absolute Gasteiger partial charge is 0.240 e. The van der Waals surface area contributed by atoms with Crippen molar-refractivity contribution in [2.45, 2.75) is 19.9 Å². The Bertz CT molecular complexity index is 539. The summed E-state index contributed by atoms with van der Waals surface area (Å²) in [5.74, 6) is 7.73. The molecule has 2 rings (SSSR count). The fraction of sp³-hybridized carbons (Fsp3) is 0.455. The lowest BCUT2D eigenvalue weighted by atomic mass is 10.3. The number of nitrogens with two attached hydrogens (primary N) is 1. The molecular weight excluding hydrogens is 266 g/mol. The van der Waals surface area contributed by atoms with Crippen LogP contribution in [0.15, 0.2) is 6.07 Å². The first kappa shape index (κ1) is 13.4. The first-order valence-electron chi connectivity index (χ1n) is 5.64. The van der Waals surface area contributed by atoms with Gasteiger partial charge >= 0.3 is 0 Å². The topological polar surface area (TPSA) is 75.9 Å². The molecule has 1 atom stereocenters. The monoisotopic (exact) mass is 283 g/mol. The summed E-state index contributed by atoms with van der Waals surface area (Å²) in [6.07, 6.45) is 2.09. The minimum atomic E-state index is 0.351. The van der Waals surface area contributed by atoms with Crippen LogP contribution in [0.1, 0.15) is 11.8 Å². The molecule has 98 valence electrons. The summed E-state index contributed by atoms with van der Waals surface area (Å²) >= 11 is 3.45. The number of aromatic nitrogens is 2. The predicted octanol–water partition coefficient (Wildman–Crippen LogP) is 2.45. The van der Waals surface area contributed by atoms with Crippen LogP contribution in [0.25, 0.3) is 10.2 Å². The first-order valence-corrected chi connectivity index (χ1v) is 7.85. The lowest BCUT2D eigenvalue weighted by Crippen LogP contribution is -2.20. The summed E-state index contributed by atoms with van der Waals surface area (Å²) in [6, 6.07) is 2.46. The fourth-order valence-corrected chi connectivity index (χ4v) is 3.20. The Morgan fingerprint density at radius 3 is 2.94 bits per heavy atom. The van der Waals surface area contributed by atoms with Crippen molar-refractivity contribution in [1.29, 1.82) is 0 Å². The summed E-state index contributed by atoms with van der Waals surface area (Å²) in [5.41, 5.74) is 2.51. The minimum absolute atomic E-state index is 0.351. The van der Waals surface area contributed by atoms with Crippen LogP contribution in [0.3, 0.4) is 0 Å². The van der Waals surface area contributed by atoms with E-state index in [9.17, 15) is 0 Å². The van der Waals surface area contributed by atoms with E-state index in [0.29, 0.717) is 12.0 Å². The zero-order valence-corrected chi connectivity index (χ0v) is 12.3. The van der Waals surface area contributed by atoms with E-state index < -0.39 is 0 Å². The van der Waals surface area contributed by atoms with E-state index in [1.165, 1.54) is 4.88 Å². The number of aryl methyl sites for hydroxylation is 1. The number of thioether (sulfide) groups is 1. The Hall–Kier alpha value is -1.05. The molecule has 0 amide bonds. The fourth-order valence-electron chi connectivity index (χ4n) is 1.74. The van der Waals surface area contributed by atoms with E-state index in [4.69, 9.17) is 5.84 Å². The van der Waals surface area contributed by atoms with Crippen LogP contribution in [0, 0.1) is 6.92 Å². The third-order valence-corrected chi connectivity index (χ3v) is 4.22. The Morgan fingerprint density at radius 2 is 2.28 bits per heavy atom. The van der Waals surface area contributed by atoms with Gasteiger partial charge in [-0.3, -0.25) is 5.43 Å². The van der Waals surface area contributed by atoms with Crippen molar-refractivity contribution >= 4 is 45.1 Å². The molecule has 2 aromatic heterocycles. The number of nitrogen functional groups attached to an aromatic ring is 1. The number of nitrogens with zero attached hydrogens (tertiary/aromatic N) is 2. The summed E-state index contributed by atoms with van der Waals surface area (Å²) in [5, 5.41) is 4.47. The van der Waals surface area contributed by atoms with Gasteiger partial charge in [-0.2, -0.15) is 16.7 Å². The Labute approximate surface area is 115 Å². The number of nitrogens with one attached hydrogen (secondary N) is 2. The van der Waals surface area contributed by atoms with Crippen LogP contribution in [-0.4, -0.2) is 28.0 Å². The summed E-state index contributed by atoms with van der Waals surface area (Å²) in [4.78, 5) is 10.9. The number of rotatable bonds is 5. The summed E-state index contributed by atoms with van der Waals surface area (Å²) < 4.78 is 0. The molecule has 4 N–H and O–H groups in total. The molecule has 0 aliphatic rings. The largest absolute Gasteiger partial charge is 0.366 e. The zero-order valence-electron chi connectivity index (χ0n) is 10.7. The molecule has 5 nitrogen and oxygen atoms in total. The van der Waals surface area contributed by atoms with Gasteiger partial charge in [0.2, 0.25) is 5.95 Å². The van der Waals surface area contributed by atoms with E-state index in [1.54, 1.807) is 23.1 Å². The van der Waals surface area contributed by atoms with Crippen molar-refractivity contribution in [3.63, 3.8) is 0 Å². The molecule has 0 saturated carbocycles. The second-order valence-electron chi connectivity index (χ2n) is 4.12. The molecule has 0 aliphatic heterocycles. The molecule has 0 fully saturated rings. The van der Waals surface area contributed by atoms with Gasteiger partial charge < -0.3 is 5.32 Å². The van der Waals surface area contributed by atoms with Gasteiger partial charge in [0.1, 0.15) is 10.6 Å². The second kappa shape index (κ2) is 5.73. The van der Waals surface area contributed by atoms with E-state index in [2.05, 4.69) is 46.9 Å². The number of thiophene rings is 1. The van der Waals surface area contributed by atoms with E-state index in [0.717, 1.165) is 21.8 Å². The highest BCUT2D eigenvalue weighted by atomic mass is 32.2. The highest BCUT2D eigenvalue weighted by molar-refractivity contribution is 7.98. The van der Waals surface area contributed by atoms with E-state index in [1.807, 2.05) is 0 Å². The normalized spacial score (nSPS) is 12.7. The van der Waals surface area contributed by atoms with Crippen molar-refractivity contribution in [3.05, 3.63) is 10.9 Å². The number of hydrogen-bond donors (Lipinski definition) is 3. The highest BCUT2D eigenvalue weighted by Crippen LogP contribution is 2.29. The van der Waals surface area contributed by atoms with Gasteiger partial charge in [0, 0.05) is 16.7 Å². The lowest BCUT2D eigenvalue weighted by Gasteiger charge is -2.14. The maximum Gasteiger partial charge on any atom is 0.240 e. The average Bonchev–Trinajstić information content (AvgIpc) is 2.69. The van der Waals surface area contributed by atoms with Crippen molar-refractivity contribution in [1.82, 2.24) is 9.97 Å². The van der Waals surface area contributed by atoms with Crippen molar-refractivity contribution in [2.75, 3.05) is 22.8 Å². The number of hydrogen-bond acceptors (Lipinski definition) is 7. The molecule has 1 unspecified atom stereocenters. The molecule has 7 heteroatoms. The third-order valence-electron chi connectivity index (χ3n) is 2.44. The van der Waals surface area contributed by atoms with Crippen molar-refractivity contribution in [2.24, 2.45) is 5.84 Å². The molecule has 0 bridgehead atoms. The van der Waals surface area contributed by atoms with Crippen LogP contribution < -0.4 is 16.6 Å². The standard InChI is InChI=1S/C11H17N5S2/c1-6(5-17-3)13-9-8-4-7(2)18-10(8)15-11(14-9)16-12/h4,6H,5,12H2,1-3H3,(H2,13,14,15,16). The zero-order chi connectivity index (χ0) is 13.1. The molecule has 0 saturated heterocycles. The van der Waals surface area contributed by atoms with Crippen LogP contribution >= 0.6 is 23.1 Å². The average molecular weight is 283 g/mol. The highest BCUT2D eigenvalue weighted by Gasteiger charge is 2.12. The van der Waals surface area contributed by atoms with Gasteiger partial charge in [-0.05, 0) is 26.2 Å². The van der Waals surface area contributed by atoms with Gasteiger partial charge in [0.25, 0.3) is 0 Å². The van der Waals surface area contributed by atoms with Crippen LogP contribution in [0.5, 0.6) is 0 Å². The van der Waals surface area contributed by atoms with E-state index >= 15 is 0 Å². The Morgan fingerprint density at radius 1 is 1.50 bits per heavy atom. The van der Waals surface area contributed by atoms with Crippen LogP contribution in [0.2, 0.25) is 0 Å². The molecular formula is C11H17N5S2. The third kappa shape index (κ3) is 2.85. The molecule has 0 aliphatic carbocycles. The maximum absolute atomic E-state index is 5.40. The predicted molar refractivity (Wildman–Crippen MR) is 81.4 cm³/mol. The van der Waals surface area contributed by atoms with Crippen LogP contribution in [-0.2, 0) is 0 Å². The first-order chi connectivity index (χ1) is 8.63. The van der Waals surface area contributed by atoms with Crippen molar-refractivity contribution < 1.29 is 0 Å².